The van der Waals surface area contributed by atoms with Gasteiger partial charge in [0.1, 0.15) is 0 Å². The topological polar surface area (TPSA) is 53.1 Å². The standard InChI is InChI=1S/C12H22BrN3O/c1-5-7-16-10(9(13)8-15-16)11(14)12(3,4)17-6-2/h8,11H,5-7,14H2,1-4H3. The highest BCUT2D eigenvalue weighted by Gasteiger charge is 2.32. The Morgan fingerprint density at radius 1 is 1.53 bits per heavy atom. The largest absolute Gasteiger partial charge is 0.374 e. The van der Waals surface area contributed by atoms with Crippen molar-refractivity contribution in [1.82, 2.24) is 9.78 Å². The third kappa shape index (κ3) is 3.30. The summed E-state index contributed by atoms with van der Waals surface area (Å²) in [4.78, 5) is 0. The number of nitrogens with zero attached hydrogens (tertiary/aromatic N) is 2. The van der Waals surface area contributed by atoms with E-state index in [9.17, 15) is 0 Å². The summed E-state index contributed by atoms with van der Waals surface area (Å²) in [5.74, 6) is 0. The number of aromatic nitrogens is 2. The predicted octanol–water partition coefficient (Wildman–Crippen LogP) is 2.87. The van der Waals surface area contributed by atoms with Crippen LogP contribution in [0.2, 0.25) is 0 Å². The van der Waals surface area contributed by atoms with Crippen molar-refractivity contribution in [2.45, 2.75) is 52.3 Å². The van der Waals surface area contributed by atoms with Crippen LogP contribution >= 0.6 is 15.9 Å². The van der Waals surface area contributed by atoms with Gasteiger partial charge in [-0.3, -0.25) is 4.68 Å². The zero-order valence-electron chi connectivity index (χ0n) is 11.0. The van der Waals surface area contributed by atoms with Crippen LogP contribution in [0.25, 0.3) is 0 Å². The SMILES string of the molecule is CCCn1ncc(Br)c1C(N)C(C)(C)OCC. The molecule has 0 aliphatic rings. The summed E-state index contributed by atoms with van der Waals surface area (Å²) in [5.41, 5.74) is 6.92. The number of nitrogens with two attached hydrogens (primary N) is 1. The highest BCUT2D eigenvalue weighted by molar-refractivity contribution is 9.10. The van der Waals surface area contributed by atoms with Crippen LogP contribution in [0.4, 0.5) is 0 Å². The number of rotatable bonds is 6. The van der Waals surface area contributed by atoms with Crippen molar-refractivity contribution in [3.63, 3.8) is 0 Å². The summed E-state index contributed by atoms with van der Waals surface area (Å²) < 4.78 is 8.62. The molecule has 98 valence electrons. The highest BCUT2D eigenvalue weighted by Crippen LogP contribution is 2.31. The van der Waals surface area contributed by atoms with Gasteiger partial charge in [-0.25, -0.2) is 0 Å². The van der Waals surface area contributed by atoms with Gasteiger partial charge in [0.2, 0.25) is 0 Å². The second kappa shape index (κ2) is 5.98. The molecular formula is C12H22BrN3O. The number of ether oxygens (including phenoxy) is 1. The van der Waals surface area contributed by atoms with Crippen molar-refractivity contribution < 1.29 is 4.74 Å². The quantitative estimate of drug-likeness (QED) is 0.879. The average molecular weight is 304 g/mol. The van der Waals surface area contributed by atoms with Crippen LogP contribution in [0.1, 0.15) is 45.9 Å². The first-order valence-corrected chi connectivity index (χ1v) is 6.84. The predicted molar refractivity (Wildman–Crippen MR) is 72.9 cm³/mol. The number of halogens is 1. The summed E-state index contributed by atoms with van der Waals surface area (Å²) in [7, 11) is 0. The lowest BCUT2D eigenvalue weighted by molar-refractivity contribution is -0.0318. The summed E-state index contributed by atoms with van der Waals surface area (Å²) >= 11 is 3.51. The zero-order chi connectivity index (χ0) is 13.1. The molecule has 2 N–H and O–H groups in total. The second-order valence-electron chi connectivity index (χ2n) is 4.62. The van der Waals surface area contributed by atoms with Gasteiger partial charge >= 0.3 is 0 Å². The Morgan fingerprint density at radius 3 is 2.71 bits per heavy atom. The maximum atomic E-state index is 6.32. The molecule has 0 aromatic carbocycles. The number of hydrogen-bond acceptors (Lipinski definition) is 3. The van der Waals surface area contributed by atoms with Crippen molar-refractivity contribution >= 4 is 15.9 Å². The van der Waals surface area contributed by atoms with E-state index in [1.807, 2.05) is 25.5 Å². The molecule has 0 amide bonds. The Labute approximate surface area is 112 Å². The smallest absolute Gasteiger partial charge is 0.0833 e. The van der Waals surface area contributed by atoms with Crippen molar-refractivity contribution in [3.8, 4) is 0 Å². The van der Waals surface area contributed by atoms with Crippen molar-refractivity contribution in [2.75, 3.05) is 6.61 Å². The summed E-state index contributed by atoms with van der Waals surface area (Å²) in [5, 5.41) is 4.33. The monoisotopic (exact) mass is 303 g/mol. The molecule has 0 radical (unpaired) electrons. The molecule has 17 heavy (non-hydrogen) atoms. The lowest BCUT2D eigenvalue weighted by Crippen LogP contribution is -2.39. The molecule has 0 saturated heterocycles. The van der Waals surface area contributed by atoms with Gasteiger partial charge in [-0.2, -0.15) is 5.10 Å². The molecule has 0 spiro atoms. The van der Waals surface area contributed by atoms with E-state index >= 15 is 0 Å². The molecule has 1 rings (SSSR count). The van der Waals surface area contributed by atoms with Gasteiger partial charge in [0.05, 0.1) is 28.0 Å². The first-order chi connectivity index (χ1) is 7.94. The normalized spacial score (nSPS) is 14.0. The summed E-state index contributed by atoms with van der Waals surface area (Å²) in [6.45, 7) is 9.65. The molecule has 0 fully saturated rings. The van der Waals surface area contributed by atoms with Crippen LogP contribution < -0.4 is 5.73 Å². The first-order valence-electron chi connectivity index (χ1n) is 6.04. The molecule has 1 heterocycles. The van der Waals surface area contributed by atoms with Gasteiger partial charge in [-0.15, -0.1) is 0 Å². The average Bonchev–Trinajstić information content (AvgIpc) is 2.59. The van der Waals surface area contributed by atoms with E-state index in [0.717, 1.165) is 23.1 Å². The minimum Gasteiger partial charge on any atom is -0.374 e. The first kappa shape index (κ1) is 14.7. The van der Waals surface area contributed by atoms with Crippen LogP contribution in [-0.4, -0.2) is 22.0 Å². The van der Waals surface area contributed by atoms with Crippen molar-refractivity contribution in [1.29, 1.82) is 0 Å². The number of aryl methyl sites for hydroxylation is 1. The van der Waals surface area contributed by atoms with Crippen molar-refractivity contribution in [3.05, 3.63) is 16.4 Å². The van der Waals surface area contributed by atoms with Gasteiger partial charge in [-0.05, 0) is 43.1 Å². The zero-order valence-corrected chi connectivity index (χ0v) is 12.6. The van der Waals surface area contributed by atoms with Crippen LogP contribution in [0, 0.1) is 0 Å². The van der Waals surface area contributed by atoms with E-state index in [2.05, 4.69) is 28.0 Å². The summed E-state index contributed by atoms with van der Waals surface area (Å²) in [6.07, 6.45) is 2.83. The minimum atomic E-state index is -0.400. The van der Waals surface area contributed by atoms with Crippen LogP contribution in [0.3, 0.4) is 0 Å². The van der Waals surface area contributed by atoms with E-state index < -0.39 is 5.60 Å². The van der Waals surface area contributed by atoms with Crippen LogP contribution in [0.15, 0.2) is 10.7 Å². The van der Waals surface area contributed by atoms with E-state index in [-0.39, 0.29) is 6.04 Å². The molecule has 1 aromatic heterocycles. The van der Waals surface area contributed by atoms with Crippen LogP contribution in [-0.2, 0) is 11.3 Å². The van der Waals surface area contributed by atoms with Crippen LogP contribution in [0.5, 0.6) is 0 Å². The minimum absolute atomic E-state index is 0.203. The third-order valence-corrected chi connectivity index (χ3v) is 3.44. The maximum absolute atomic E-state index is 6.32. The third-order valence-electron chi connectivity index (χ3n) is 2.83. The molecule has 0 aliphatic carbocycles. The molecule has 4 nitrogen and oxygen atoms in total. The Hall–Kier alpha value is -0.390. The Morgan fingerprint density at radius 2 is 2.18 bits per heavy atom. The fourth-order valence-corrected chi connectivity index (χ4v) is 2.41. The van der Waals surface area contributed by atoms with E-state index in [4.69, 9.17) is 10.5 Å². The van der Waals surface area contributed by atoms with Crippen molar-refractivity contribution in [2.24, 2.45) is 5.73 Å². The van der Waals surface area contributed by atoms with Gasteiger partial charge in [0, 0.05) is 13.2 Å². The molecule has 1 aromatic rings. The highest BCUT2D eigenvalue weighted by atomic mass is 79.9. The lowest BCUT2D eigenvalue weighted by atomic mass is 9.96. The molecule has 5 heteroatoms. The summed E-state index contributed by atoms with van der Waals surface area (Å²) in [6, 6.07) is -0.203. The van der Waals surface area contributed by atoms with E-state index in [0.29, 0.717) is 6.61 Å². The van der Waals surface area contributed by atoms with Gasteiger partial charge < -0.3 is 10.5 Å². The molecule has 1 atom stereocenters. The fraction of sp³-hybridized carbons (Fsp3) is 0.750. The molecule has 1 unspecified atom stereocenters. The Kier molecular flexibility index (Phi) is 5.16. The lowest BCUT2D eigenvalue weighted by Gasteiger charge is -2.32. The Bertz CT molecular complexity index is 363. The van der Waals surface area contributed by atoms with E-state index in [1.54, 1.807) is 6.20 Å². The Balaban J connectivity index is 3.01. The molecular weight excluding hydrogens is 282 g/mol. The van der Waals surface area contributed by atoms with E-state index in [1.165, 1.54) is 0 Å². The molecule has 0 aliphatic heterocycles. The van der Waals surface area contributed by atoms with Gasteiger partial charge in [-0.1, -0.05) is 6.92 Å². The van der Waals surface area contributed by atoms with Gasteiger partial charge in [0.15, 0.2) is 0 Å². The molecule has 0 bridgehead atoms. The number of hydrogen-bond donors (Lipinski definition) is 1. The second-order valence-corrected chi connectivity index (χ2v) is 5.47. The van der Waals surface area contributed by atoms with Gasteiger partial charge in [0.25, 0.3) is 0 Å². The maximum Gasteiger partial charge on any atom is 0.0833 e. The fourth-order valence-electron chi connectivity index (χ4n) is 1.86. The molecule has 0 saturated carbocycles.